The van der Waals surface area contributed by atoms with Crippen molar-refractivity contribution in [3.05, 3.63) is 41.5 Å². The molecular formula is C22H31N5O3. The summed E-state index contributed by atoms with van der Waals surface area (Å²) < 4.78 is 7.56. The monoisotopic (exact) mass is 413 g/mol. The van der Waals surface area contributed by atoms with Crippen molar-refractivity contribution in [3.63, 3.8) is 0 Å². The van der Waals surface area contributed by atoms with Crippen molar-refractivity contribution in [2.75, 3.05) is 26.3 Å². The molecule has 3 heterocycles. The van der Waals surface area contributed by atoms with Crippen LogP contribution in [0.4, 0.5) is 0 Å². The molecule has 0 saturated carbocycles. The highest BCUT2D eigenvalue weighted by Gasteiger charge is 2.31. The van der Waals surface area contributed by atoms with Gasteiger partial charge in [-0.1, -0.05) is 26.0 Å². The highest BCUT2D eigenvalue weighted by atomic mass is 16.5. The van der Waals surface area contributed by atoms with Crippen LogP contribution in [-0.2, 0) is 29.0 Å². The first kappa shape index (κ1) is 20.8. The lowest BCUT2D eigenvalue weighted by Crippen LogP contribution is -2.38. The summed E-state index contributed by atoms with van der Waals surface area (Å²) >= 11 is 0. The summed E-state index contributed by atoms with van der Waals surface area (Å²) in [7, 11) is 0. The zero-order valence-electron chi connectivity index (χ0n) is 17.8. The lowest BCUT2D eigenvalue weighted by molar-refractivity contribution is -0.126. The van der Waals surface area contributed by atoms with E-state index in [4.69, 9.17) is 4.74 Å². The van der Waals surface area contributed by atoms with Gasteiger partial charge < -0.3 is 19.7 Å². The Balaban J connectivity index is 1.45. The van der Waals surface area contributed by atoms with Gasteiger partial charge in [-0.2, -0.15) is 0 Å². The molecule has 1 saturated heterocycles. The van der Waals surface area contributed by atoms with Crippen LogP contribution >= 0.6 is 0 Å². The fraction of sp³-hybridized carbons (Fsp3) is 0.591. The quantitative estimate of drug-likeness (QED) is 0.751. The normalized spacial score (nSPS) is 20.7. The number of carbonyl (C=O) groups excluding carboxylic acids is 1. The maximum absolute atomic E-state index is 12.7. The number of carbonyl (C=O) groups is 1. The largest absolute Gasteiger partial charge is 0.508 e. The molecule has 2 N–H and O–H groups in total. The van der Waals surface area contributed by atoms with Crippen LogP contribution in [0.5, 0.6) is 5.75 Å². The van der Waals surface area contributed by atoms with Crippen molar-refractivity contribution < 1.29 is 14.6 Å². The molecule has 0 radical (unpaired) electrons. The van der Waals surface area contributed by atoms with Crippen LogP contribution in [0.25, 0.3) is 0 Å². The van der Waals surface area contributed by atoms with E-state index < -0.39 is 0 Å². The summed E-state index contributed by atoms with van der Waals surface area (Å²) in [6.07, 6.45) is 1.60. The number of hydrogen-bond acceptors (Lipinski definition) is 6. The van der Waals surface area contributed by atoms with Crippen LogP contribution in [0.1, 0.15) is 43.5 Å². The van der Waals surface area contributed by atoms with Gasteiger partial charge in [0.1, 0.15) is 11.6 Å². The predicted molar refractivity (Wildman–Crippen MR) is 112 cm³/mol. The number of phenols is 1. The van der Waals surface area contributed by atoms with Gasteiger partial charge in [0, 0.05) is 39.2 Å². The molecule has 4 rings (SSSR count). The summed E-state index contributed by atoms with van der Waals surface area (Å²) in [5, 5.41) is 21.6. The first-order valence-corrected chi connectivity index (χ1v) is 10.8. The molecule has 1 fully saturated rings. The van der Waals surface area contributed by atoms with E-state index in [9.17, 15) is 9.90 Å². The number of phenolic OH excluding ortho intramolecular Hbond substituents is 1. The Morgan fingerprint density at radius 1 is 1.23 bits per heavy atom. The van der Waals surface area contributed by atoms with Crippen LogP contribution < -0.4 is 5.32 Å². The molecule has 8 nitrogen and oxygen atoms in total. The first-order chi connectivity index (χ1) is 14.5. The summed E-state index contributed by atoms with van der Waals surface area (Å²) in [5.74, 6) is 2.29. The SMILES string of the molecule is CC(C)C(NC(=O)C1CCOC1)c1nnc2n1CCN(Cc1ccc(O)cc1)CC2. The topological polar surface area (TPSA) is 92.5 Å². The van der Waals surface area contributed by atoms with Gasteiger partial charge in [-0.15, -0.1) is 10.2 Å². The molecule has 0 bridgehead atoms. The van der Waals surface area contributed by atoms with Crippen molar-refractivity contribution in [1.82, 2.24) is 25.0 Å². The van der Waals surface area contributed by atoms with Gasteiger partial charge in [0.2, 0.25) is 5.91 Å². The summed E-state index contributed by atoms with van der Waals surface area (Å²) in [5.41, 5.74) is 1.18. The third-order valence-electron chi connectivity index (χ3n) is 6.03. The number of aromatic hydroxyl groups is 1. The second kappa shape index (κ2) is 9.14. The number of benzene rings is 1. The average Bonchev–Trinajstić information content (AvgIpc) is 3.36. The van der Waals surface area contributed by atoms with E-state index in [0.717, 1.165) is 50.7 Å². The standard InChI is InChI=1S/C22H31N5O3/c1-15(2)20(23-22(29)17-8-12-30-14-17)21-25-24-19-7-9-26(10-11-27(19)21)13-16-3-5-18(28)6-4-16/h3-6,15,17,20,28H,7-14H2,1-2H3,(H,23,29). The fourth-order valence-electron chi connectivity index (χ4n) is 4.18. The van der Waals surface area contributed by atoms with E-state index in [1.807, 2.05) is 12.1 Å². The number of aromatic nitrogens is 3. The Kier molecular flexibility index (Phi) is 6.34. The van der Waals surface area contributed by atoms with Crippen LogP contribution in [0, 0.1) is 11.8 Å². The van der Waals surface area contributed by atoms with Gasteiger partial charge in [-0.3, -0.25) is 9.69 Å². The first-order valence-electron chi connectivity index (χ1n) is 10.8. The number of fused-ring (bicyclic) bond motifs is 1. The molecule has 0 spiro atoms. The van der Waals surface area contributed by atoms with Crippen molar-refractivity contribution in [2.24, 2.45) is 11.8 Å². The molecule has 162 valence electrons. The lowest BCUT2D eigenvalue weighted by Gasteiger charge is -2.24. The Morgan fingerprint density at radius 2 is 2.03 bits per heavy atom. The minimum atomic E-state index is -0.164. The molecule has 2 aliphatic heterocycles. The molecule has 30 heavy (non-hydrogen) atoms. The molecule has 1 aromatic carbocycles. The van der Waals surface area contributed by atoms with Crippen LogP contribution in [-0.4, -0.2) is 57.0 Å². The number of amides is 1. The Labute approximate surface area is 177 Å². The second-order valence-electron chi connectivity index (χ2n) is 8.61. The second-order valence-corrected chi connectivity index (χ2v) is 8.61. The molecule has 2 aromatic rings. The number of nitrogens with zero attached hydrogens (tertiary/aromatic N) is 4. The van der Waals surface area contributed by atoms with Crippen molar-refractivity contribution in [3.8, 4) is 5.75 Å². The van der Waals surface area contributed by atoms with Crippen molar-refractivity contribution in [1.29, 1.82) is 0 Å². The van der Waals surface area contributed by atoms with Gasteiger partial charge in [0.25, 0.3) is 0 Å². The van der Waals surface area contributed by atoms with E-state index in [1.54, 1.807) is 12.1 Å². The third kappa shape index (κ3) is 4.65. The van der Waals surface area contributed by atoms with Gasteiger partial charge >= 0.3 is 0 Å². The Hall–Kier alpha value is -2.45. The summed E-state index contributed by atoms with van der Waals surface area (Å²) in [6.45, 7) is 8.77. The predicted octanol–water partition coefficient (Wildman–Crippen LogP) is 1.89. The van der Waals surface area contributed by atoms with Crippen LogP contribution in [0.15, 0.2) is 24.3 Å². The molecule has 2 unspecified atom stereocenters. The van der Waals surface area contributed by atoms with Gasteiger partial charge in [-0.05, 0) is 30.0 Å². The zero-order chi connectivity index (χ0) is 21.1. The summed E-state index contributed by atoms with van der Waals surface area (Å²) in [6, 6.07) is 7.21. The highest BCUT2D eigenvalue weighted by Crippen LogP contribution is 2.24. The van der Waals surface area contributed by atoms with Crippen LogP contribution in [0.3, 0.4) is 0 Å². The van der Waals surface area contributed by atoms with Gasteiger partial charge in [0.05, 0.1) is 18.6 Å². The fourth-order valence-corrected chi connectivity index (χ4v) is 4.18. The Bertz CT molecular complexity index is 858. The molecule has 1 amide bonds. The molecule has 2 aliphatic rings. The number of hydrogen-bond donors (Lipinski definition) is 2. The van der Waals surface area contributed by atoms with Gasteiger partial charge in [0.15, 0.2) is 5.82 Å². The summed E-state index contributed by atoms with van der Waals surface area (Å²) in [4.78, 5) is 15.1. The number of rotatable bonds is 6. The Morgan fingerprint density at radius 3 is 2.73 bits per heavy atom. The smallest absolute Gasteiger partial charge is 0.226 e. The van der Waals surface area contributed by atoms with E-state index in [0.29, 0.717) is 13.2 Å². The van der Waals surface area contributed by atoms with Crippen molar-refractivity contribution in [2.45, 2.75) is 45.8 Å². The molecule has 1 aromatic heterocycles. The van der Waals surface area contributed by atoms with E-state index >= 15 is 0 Å². The molecule has 0 aliphatic carbocycles. The van der Waals surface area contributed by atoms with E-state index in [1.165, 1.54) is 5.56 Å². The maximum Gasteiger partial charge on any atom is 0.226 e. The molecule has 2 atom stereocenters. The third-order valence-corrected chi connectivity index (χ3v) is 6.03. The minimum absolute atomic E-state index is 0.0473. The van der Waals surface area contributed by atoms with Crippen LogP contribution in [0.2, 0.25) is 0 Å². The number of nitrogens with one attached hydrogen (secondary N) is 1. The minimum Gasteiger partial charge on any atom is -0.508 e. The maximum atomic E-state index is 12.7. The average molecular weight is 414 g/mol. The van der Waals surface area contributed by atoms with Gasteiger partial charge in [-0.25, -0.2) is 0 Å². The lowest BCUT2D eigenvalue weighted by atomic mass is 10.0. The van der Waals surface area contributed by atoms with Crippen molar-refractivity contribution >= 4 is 5.91 Å². The molecular weight excluding hydrogens is 382 g/mol. The number of ether oxygens (including phenoxy) is 1. The highest BCUT2D eigenvalue weighted by molar-refractivity contribution is 5.79. The van der Waals surface area contributed by atoms with E-state index in [-0.39, 0.29) is 29.5 Å². The molecule has 8 heteroatoms. The zero-order valence-corrected chi connectivity index (χ0v) is 17.8. The van der Waals surface area contributed by atoms with E-state index in [2.05, 4.69) is 38.8 Å².